The number of carbonyl (C=O) groups is 2. The second-order valence-corrected chi connectivity index (χ2v) is 10.9. The molecule has 204 valence electrons. The van der Waals surface area contributed by atoms with Crippen molar-refractivity contribution in [3.8, 4) is 11.5 Å². The number of allylic oxidation sites excluding steroid dienone is 2. The molecule has 1 saturated heterocycles. The molecule has 3 heterocycles. The zero-order valence-electron chi connectivity index (χ0n) is 22.8. The first-order valence-electron chi connectivity index (χ1n) is 13.4. The third-order valence-corrected chi connectivity index (χ3v) is 7.54. The second-order valence-electron chi connectivity index (χ2n) is 10.9. The maximum atomic E-state index is 13.8. The molecule has 8 nitrogen and oxygen atoms in total. The molecule has 0 bridgehead atoms. The number of benzene rings is 1. The highest BCUT2D eigenvalue weighted by molar-refractivity contribution is 5.94. The summed E-state index contributed by atoms with van der Waals surface area (Å²) in [7, 11) is 0. The van der Waals surface area contributed by atoms with Crippen LogP contribution >= 0.6 is 0 Å². The van der Waals surface area contributed by atoms with E-state index in [-0.39, 0.29) is 36.6 Å². The van der Waals surface area contributed by atoms with Crippen LogP contribution in [0.25, 0.3) is 0 Å². The van der Waals surface area contributed by atoms with Gasteiger partial charge in [-0.1, -0.05) is 45.4 Å². The zero-order valence-corrected chi connectivity index (χ0v) is 22.8. The van der Waals surface area contributed by atoms with E-state index in [2.05, 4.69) is 36.7 Å². The van der Waals surface area contributed by atoms with Crippen LogP contribution < -0.4 is 14.4 Å². The van der Waals surface area contributed by atoms with E-state index in [0.29, 0.717) is 31.0 Å². The number of likely N-dealkylation sites (tertiary alicyclic amines) is 1. The molecule has 2 aliphatic heterocycles. The molecule has 1 fully saturated rings. The van der Waals surface area contributed by atoms with Crippen molar-refractivity contribution < 1.29 is 24.2 Å². The van der Waals surface area contributed by atoms with E-state index in [1.165, 1.54) is 0 Å². The number of hydrogen-bond acceptors (Lipinski definition) is 6. The monoisotopic (exact) mass is 521 g/mol. The van der Waals surface area contributed by atoms with Crippen molar-refractivity contribution in [1.82, 2.24) is 9.88 Å². The lowest BCUT2D eigenvalue weighted by Gasteiger charge is -2.34. The first-order chi connectivity index (χ1) is 18.2. The predicted octanol–water partition coefficient (Wildman–Crippen LogP) is 5.10. The minimum absolute atomic E-state index is 0.0456. The van der Waals surface area contributed by atoms with Crippen LogP contribution in [0.15, 0.2) is 54.9 Å². The van der Waals surface area contributed by atoms with Crippen LogP contribution in [0.3, 0.4) is 0 Å². The molecule has 1 aromatic heterocycles. The summed E-state index contributed by atoms with van der Waals surface area (Å²) in [6.07, 6.45) is 9.97. The Hall–Kier alpha value is -3.39. The van der Waals surface area contributed by atoms with Gasteiger partial charge in [0.25, 0.3) is 0 Å². The molecule has 0 saturated carbocycles. The average molecular weight is 522 g/mol. The highest BCUT2D eigenvalue weighted by Gasteiger charge is 2.48. The summed E-state index contributed by atoms with van der Waals surface area (Å²) in [5.41, 5.74) is 1.42. The number of amides is 1. The van der Waals surface area contributed by atoms with Crippen molar-refractivity contribution in [3.05, 3.63) is 60.4 Å². The lowest BCUT2D eigenvalue weighted by Crippen LogP contribution is -2.45. The molecule has 0 aliphatic carbocycles. The fourth-order valence-corrected chi connectivity index (χ4v) is 5.77. The van der Waals surface area contributed by atoms with Gasteiger partial charge in [0.15, 0.2) is 11.5 Å². The molecule has 1 aromatic carbocycles. The predicted molar refractivity (Wildman–Crippen MR) is 147 cm³/mol. The Kier molecular flexibility index (Phi) is 8.72. The molecular formula is C30H39N3O5. The number of carboxylic acid groups (broad SMARTS) is 1. The summed E-state index contributed by atoms with van der Waals surface area (Å²) in [6, 6.07) is 9.07. The van der Waals surface area contributed by atoms with Gasteiger partial charge in [-0.15, -0.1) is 0 Å². The van der Waals surface area contributed by atoms with E-state index in [1.54, 1.807) is 17.3 Å². The molecule has 38 heavy (non-hydrogen) atoms. The molecule has 3 unspecified atom stereocenters. The van der Waals surface area contributed by atoms with Gasteiger partial charge >= 0.3 is 5.97 Å². The van der Waals surface area contributed by atoms with Crippen LogP contribution in [0.2, 0.25) is 0 Å². The summed E-state index contributed by atoms with van der Waals surface area (Å²) < 4.78 is 11.1. The molecule has 2 aliphatic rings. The lowest BCUT2D eigenvalue weighted by atomic mass is 9.77. The summed E-state index contributed by atoms with van der Waals surface area (Å²) >= 11 is 0. The Morgan fingerprint density at radius 1 is 1.24 bits per heavy atom. The van der Waals surface area contributed by atoms with E-state index in [0.717, 1.165) is 24.1 Å². The van der Waals surface area contributed by atoms with Crippen LogP contribution in [0.5, 0.6) is 11.5 Å². The number of carbonyl (C=O) groups excluding carboxylic acids is 1. The van der Waals surface area contributed by atoms with Gasteiger partial charge in [0.05, 0.1) is 24.3 Å². The fourth-order valence-electron chi connectivity index (χ4n) is 5.77. The first kappa shape index (κ1) is 27.6. The molecule has 1 amide bonds. The zero-order chi connectivity index (χ0) is 27.3. The third kappa shape index (κ3) is 6.18. The first-order valence-corrected chi connectivity index (χ1v) is 13.4. The van der Waals surface area contributed by atoms with Gasteiger partial charge < -0.3 is 19.5 Å². The third-order valence-electron chi connectivity index (χ3n) is 7.54. The second kappa shape index (κ2) is 12.0. The van der Waals surface area contributed by atoms with Crippen molar-refractivity contribution in [2.45, 2.75) is 58.9 Å². The molecule has 1 N–H and O–H groups in total. The molecule has 8 heteroatoms. The van der Waals surface area contributed by atoms with Gasteiger partial charge in [-0.3, -0.25) is 19.5 Å². The number of hydrogen-bond donors (Lipinski definition) is 1. The van der Waals surface area contributed by atoms with Crippen molar-refractivity contribution in [2.75, 3.05) is 31.3 Å². The number of nitrogens with zero attached hydrogens (tertiary/aromatic N) is 3. The number of unbranched alkanes of at least 4 members (excludes halogenated alkanes) is 1. The molecule has 3 atom stereocenters. The molecule has 4 rings (SSSR count). The Balaban J connectivity index is 1.67. The average Bonchev–Trinajstić information content (AvgIpc) is 3.49. The SMILES string of the molecule is C/C=C/C(C)(C)CC1C(C(=O)O)C(c2ccc3c(c2)OCO3)CN1CC(=O)N(CCCC)c1cccnc1. The normalized spacial score (nSPS) is 21.2. The molecular weight excluding hydrogens is 482 g/mol. The number of ether oxygens (including phenoxy) is 2. The highest BCUT2D eigenvalue weighted by Crippen LogP contribution is 2.45. The largest absolute Gasteiger partial charge is 0.481 e. The Morgan fingerprint density at radius 3 is 2.71 bits per heavy atom. The number of aromatic nitrogens is 1. The number of anilines is 1. The van der Waals surface area contributed by atoms with Gasteiger partial charge in [0.2, 0.25) is 12.7 Å². The molecule has 0 radical (unpaired) electrons. The van der Waals surface area contributed by atoms with Crippen molar-refractivity contribution in [1.29, 1.82) is 0 Å². The number of rotatable bonds is 11. The van der Waals surface area contributed by atoms with E-state index < -0.39 is 11.9 Å². The quantitative estimate of drug-likeness (QED) is 0.411. The molecule has 0 spiro atoms. The van der Waals surface area contributed by atoms with Crippen molar-refractivity contribution >= 4 is 17.6 Å². The number of fused-ring (bicyclic) bond motifs is 1. The van der Waals surface area contributed by atoms with Gasteiger partial charge in [0.1, 0.15) is 0 Å². The topological polar surface area (TPSA) is 92.2 Å². The Morgan fingerprint density at radius 2 is 2.03 bits per heavy atom. The highest BCUT2D eigenvalue weighted by atomic mass is 16.7. The van der Waals surface area contributed by atoms with Crippen molar-refractivity contribution in [2.24, 2.45) is 11.3 Å². The minimum atomic E-state index is -0.848. The minimum Gasteiger partial charge on any atom is -0.481 e. The van der Waals surface area contributed by atoms with E-state index in [1.807, 2.05) is 43.3 Å². The lowest BCUT2D eigenvalue weighted by molar-refractivity contribution is -0.143. The smallest absolute Gasteiger partial charge is 0.308 e. The summed E-state index contributed by atoms with van der Waals surface area (Å²) in [4.78, 5) is 34.6. The molecule has 2 aromatic rings. The van der Waals surface area contributed by atoms with Gasteiger partial charge in [-0.2, -0.15) is 0 Å². The van der Waals surface area contributed by atoms with Crippen LogP contribution in [-0.4, -0.2) is 59.3 Å². The summed E-state index contributed by atoms with van der Waals surface area (Å²) in [5, 5.41) is 10.5. The maximum absolute atomic E-state index is 13.8. The Bertz CT molecular complexity index is 1150. The summed E-state index contributed by atoms with van der Waals surface area (Å²) in [6.45, 7) is 9.66. The van der Waals surface area contributed by atoms with Crippen LogP contribution in [-0.2, 0) is 9.59 Å². The van der Waals surface area contributed by atoms with Gasteiger partial charge in [-0.05, 0) is 55.0 Å². The fraction of sp³-hybridized carbons (Fsp3) is 0.500. The number of aliphatic carboxylic acids is 1. The van der Waals surface area contributed by atoms with Crippen molar-refractivity contribution in [3.63, 3.8) is 0 Å². The van der Waals surface area contributed by atoms with E-state index >= 15 is 0 Å². The Labute approximate surface area is 225 Å². The van der Waals surface area contributed by atoms with E-state index in [4.69, 9.17) is 9.47 Å². The van der Waals surface area contributed by atoms with E-state index in [9.17, 15) is 14.7 Å². The van der Waals surface area contributed by atoms with Crippen LogP contribution in [0, 0.1) is 11.3 Å². The van der Waals surface area contributed by atoms with Gasteiger partial charge in [-0.25, -0.2) is 0 Å². The number of carboxylic acids is 1. The van der Waals surface area contributed by atoms with Crippen LogP contribution in [0.4, 0.5) is 5.69 Å². The number of pyridine rings is 1. The summed E-state index contributed by atoms with van der Waals surface area (Å²) in [5.74, 6) is -0.553. The van der Waals surface area contributed by atoms with Gasteiger partial charge in [0, 0.05) is 31.2 Å². The van der Waals surface area contributed by atoms with Crippen LogP contribution in [0.1, 0.15) is 58.4 Å². The standard InChI is InChI=1S/C30H39N3O5/c1-5-7-14-33(22-9-8-13-31-17-22)27(34)19-32-18-23(21-10-11-25-26(15-21)38-20-37-25)28(29(35)36)24(32)16-30(3,4)12-6-2/h6,8-13,15,17,23-24,28H,5,7,14,16,18-20H2,1-4H3,(H,35,36)/b12-6+. The maximum Gasteiger partial charge on any atom is 0.308 e.